The highest BCUT2D eigenvalue weighted by atomic mass is 32.2. The van der Waals surface area contributed by atoms with Crippen LogP contribution < -0.4 is 4.74 Å². The fourth-order valence-corrected chi connectivity index (χ4v) is 3.55. The van der Waals surface area contributed by atoms with Crippen molar-refractivity contribution < 1.29 is 4.74 Å². The number of hydrogen-bond donors (Lipinski definition) is 0. The van der Waals surface area contributed by atoms with Gasteiger partial charge in [-0.1, -0.05) is 44.2 Å². The van der Waals surface area contributed by atoms with E-state index in [9.17, 15) is 0 Å². The van der Waals surface area contributed by atoms with Crippen molar-refractivity contribution in [2.45, 2.75) is 42.4 Å². The molecule has 0 amide bonds. The van der Waals surface area contributed by atoms with Crippen molar-refractivity contribution in [1.29, 1.82) is 0 Å². The Bertz CT molecular complexity index is 502. The maximum atomic E-state index is 6.13. The van der Waals surface area contributed by atoms with Gasteiger partial charge in [0.05, 0.1) is 10.1 Å². The molecule has 0 radical (unpaired) electrons. The molecule has 0 saturated carbocycles. The van der Waals surface area contributed by atoms with E-state index in [0.717, 1.165) is 12.2 Å². The summed E-state index contributed by atoms with van der Waals surface area (Å²) in [6, 6.07) is 6.60. The summed E-state index contributed by atoms with van der Waals surface area (Å²) < 4.78 is 6.13. The van der Waals surface area contributed by atoms with E-state index in [0.29, 0.717) is 11.2 Å². The van der Waals surface area contributed by atoms with E-state index in [-0.39, 0.29) is 6.10 Å². The zero-order valence-corrected chi connectivity index (χ0v) is 11.6. The van der Waals surface area contributed by atoms with E-state index in [1.807, 2.05) is 11.8 Å². The fourth-order valence-electron chi connectivity index (χ4n) is 2.34. The Morgan fingerprint density at radius 3 is 3.00 bits per heavy atom. The zero-order valence-electron chi connectivity index (χ0n) is 10.8. The van der Waals surface area contributed by atoms with Gasteiger partial charge in [0.1, 0.15) is 11.9 Å². The van der Waals surface area contributed by atoms with E-state index < -0.39 is 0 Å². The summed E-state index contributed by atoms with van der Waals surface area (Å²) in [6.45, 7) is 4.46. The SMILES string of the molecule is CC(C)c1ccc2c(c1)SC1C=CC=CCC1O2. The van der Waals surface area contributed by atoms with E-state index in [1.54, 1.807) is 0 Å². The van der Waals surface area contributed by atoms with Gasteiger partial charge in [-0.2, -0.15) is 0 Å². The summed E-state index contributed by atoms with van der Waals surface area (Å²) in [7, 11) is 0. The second kappa shape index (κ2) is 4.85. The third-order valence-corrected chi connectivity index (χ3v) is 4.76. The first-order valence-electron chi connectivity index (χ1n) is 6.54. The summed E-state index contributed by atoms with van der Waals surface area (Å²) >= 11 is 1.93. The molecule has 94 valence electrons. The summed E-state index contributed by atoms with van der Waals surface area (Å²) in [5, 5.41) is 0.440. The van der Waals surface area contributed by atoms with Gasteiger partial charge in [-0.3, -0.25) is 0 Å². The summed E-state index contributed by atoms with van der Waals surface area (Å²) in [5.74, 6) is 1.62. The lowest BCUT2D eigenvalue weighted by Gasteiger charge is -2.31. The monoisotopic (exact) mass is 258 g/mol. The molecule has 0 fully saturated rings. The molecule has 18 heavy (non-hydrogen) atoms. The highest BCUT2D eigenvalue weighted by Crippen LogP contribution is 2.42. The van der Waals surface area contributed by atoms with Crippen LogP contribution in [0.3, 0.4) is 0 Å². The number of hydrogen-bond acceptors (Lipinski definition) is 2. The lowest BCUT2D eigenvalue weighted by Crippen LogP contribution is -2.30. The second-order valence-electron chi connectivity index (χ2n) is 5.15. The molecule has 0 N–H and O–H groups in total. The van der Waals surface area contributed by atoms with Crippen LogP contribution in [0.1, 0.15) is 31.7 Å². The van der Waals surface area contributed by atoms with Crippen molar-refractivity contribution in [2.75, 3.05) is 0 Å². The topological polar surface area (TPSA) is 9.23 Å². The average molecular weight is 258 g/mol. The molecule has 0 bridgehead atoms. The quantitative estimate of drug-likeness (QED) is 0.731. The van der Waals surface area contributed by atoms with Crippen LogP contribution in [-0.4, -0.2) is 11.4 Å². The first kappa shape index (κ1) is 11.9. The normalized spacial score (nSPS) is 25.3. The minimum atomic E-state index is 0.280. The molecule has 1 nitrogen and oxygen atoms in total. The molecule has 1 heterocycles. The van der Waals surface area contributed by atoms with E-state index in [2.05, 4.69) is 56.4 Å². The van der Waals surface area contributed by atoms with E-state index >= 15 is 0 Å². The average Bonchev–Trinajstić information content (AvgIpc) is 2.59. The maximum absolute atomic E-state index is 6.13. The first-order valence-corrected chi connectivity index (χ1v) is 7.42. The third-order valence-electron chi connectivity index (χ3n) is 3.46. The number of rotatable bonds is 1. The van der Waals surface area contributed by atoms with Crippen molar-refractivity contribution >= 4 is 11.8 Å². The number of benzene rings is 1. The molecule has 1 aromatic rings. The second-order valence-corrected chi connectivity index (χ2v) is 6.37. The highest BCUT2D eigenvalue weighted by Gasteiger charge is 2.29. The van der Waals surface area contributed by atoms with Crippen LogP contribution in [0.15, 0.2) is 47.4 Å². The Balaban J connectivity index is 1.92. The maximum Gasteiger partial charge on any atom is 0.133 e. The predicted molar refractivity (Wildman–Crippen MR) is 77.5 cm³/mol. The lowest BCUT2D eigenvalue weighted by molar-refractivity contribution is 0.202. The van der Waals surface area contributed by atoms with Crippen molar-refractivity contribution in [2.24, 2.45) is 0 Å². The molecule has 0 saturated heterocycles. The van der Waals surface area contributed by atoms with E-state index in [4.69, 9.17) is 4.74 Å². The Hall–Kier alpha value is -1.15. The van der Waals surface area contributed by atoms with Gasteiger partial charge in [0, 0.05) is 6.42 Å². The van der Waals surface area contributed by atoms with Gasteiger partial charge in [0.15, 0.2) is 0 Å². The largest absolute Gasteiger partial charge is 0.487 e. The Kier molecular flexibility index (Phi) is 3.21. The van der Waals surface area contributed by atoms with Gasteiger partial charge in [-0.15, -0.1) is 11.8 Å². The molecule has 3 rings (SSSR count). The molecule has 2 unspecified atom stereocenters. The molecule has 1 aliphatic heterocycles. The lowest BCUT2D eigenvalue weighted by atomic mass is 10.0. The zero-order chi connectivity index (χ0) is 12.5. The molecular weight excluding hydrogens is 240 g/mol. The summed E-state index contributed by atoms with van der Waals surface area (Å²) in [6.07, 6.45) is 9.97. The van der Waals surface area contributed by atoms with Crippen molar-refractivity contribution in [3.63, 3.8) is 0 Å². The predicted octanol–water partition coefficient (Wildman–Crippen LogP) is 4.55. The molecular formula is C16H18OS. The molecule has 0 spiro atoms. The molecule has 0 aromatic heterocycles. The van der Waals surface area contributed by atoms with Crippen molar-refractivity contribution in [3.05, 3.63) is 48.1 Å². The van der Waals surface area contributed by atoms with Crippen LogP contribution in [-0.2, 0) is 0 Å². The van der Waals surface area contributed by atoms with Crippen LogP contribution in [0.2, 0.25) is 0 Å². The van der Waals surface area contributed by atoms with Crippen molar-refractivity contribution in [1.82, 2.24) is 0 Å². The van der Waals surface area contributed by atoms with Gasteiger partial charge in [-0.05, 0) is 23.6 Å². The molecule has 2 atom stereocenters. The smallest absolute Gasteiger partial charge is 0.133 e. The summed E-state index contributed by atoms with van der Waals surface area (Å²) in [5.41, 5.74) is 1.39. The van der Waals surface area contributed by atoms with Crippen LogP contribution in [0.5, 0.6) is 5.75 Å². The van der Waals surface area contributed by atoms with Crippen molar-refractivity contribution in [3.8, 4) is 5.75 Å². The highest BCUT2D eigenvalue weighted by molar-refractivity contribution is 8.00. The van der Waals surface area contributed by atoms with Gasteiger partial charge >= 0.3 is 0 Å². The van der Waals surface area contributed by atoms with Crippen LogP contribution in [0, 0.1) is 0 Å². The number of thioether (sulfide) groups is 1. The Labute approximate surface area is 113 Å². The fraction of sp³-hybridized carbons (Fsp3) is 0.375. The van der Waals surface area contributed by atoms with Gasteiger partial charge in [-0.25, -0.2) is 0 Å². The number of ether oxygens (including phenoxy) is 1. The van der Waals surface area contributed by atoms with Crippen LogP contribution in [0.4, 0.5) is 0 Å². The van der Waals surface area contributed by atoms with Gasteiger partial charge in [0.25, 0.3) is 0 Å². The van der Waals surface area contributed by atoms with Gasteiger partial charge < -0.3 is 4.74 Å². The minimum Gasteiger partial charge on any atom is -0.487 e. The molecule has 1 aromatic carbocycles. The van der Waals surface area contributed by atoms with Crippen LogP contribution >= 0.6 is 11.8 Å². The minimum absolute atomic E-state index is 0.280. The number of allylic oxidation sites excluding steroid dienone is 2. The van der Waals surface area contributed by atoms with Gasteiger partial charge in [0.2, 0.25) is 0 Å². The molecule has 2 heteroatoms. The Morgan fingerprint density at radius 2 is 2.17 bits per heavy atom. The standard InChI is InChI=1S/C16H18OS/c1-11(2)12-8-9-14-16(10-12)18-15-7-5-3-4-6-13(15)17-14/h3-5,7-11,13,15H,6H2,1-2H3. The molecule has 1 aliphatic carbocycles. The first-order chi connectivity index (χ1) is 8.74. The Morgan fingerprint density at radius 1 is 1.28 bits per heavy atom. The molecule has 2 aliphatic rings. The van der Waals surface area contributed by atoms with Crippen LogP contribution in [0.25, 0.3) is 0 Å². The number of fused-ring (bicyclic) bond motifs is 2. The summed E-state index contributed by atoms with van der Waals surface area (Å²) in [4.78, 5) is 1.29. The van der Waals surface area contributed by atoms with E-state index in [1.165, 1.54) is 10.5 Å². The third kappa shape index (κ3) is 2.22.